The first kappa shape index (κ1) is 9.98. The number of anilines is 1. The quantitative estimate of drug-likeness (QED) is 0.711. The van der Waals surface area contributed by atoms with E-state index in [1.54, 1.807) is 0 Å². The van der Waals surface area contributed by atoms with Crippen molar-refractivity contribution >= 4 is 11.7 Å². The Labute approximate surface area is 88.6 Å². The Morgan fingerprint density at radius 2 is 2.00 bits per heavy atom. The molecule has 0 radical (unpaired) electrons. The summed E-state index contributed by atoms with van der Waals surface area (Å²) in [6, 6.07) is 9.88. The normalized spacial score (nSPS) is 18.1. The molecular weight excluding hydrogens is 192 g/mol. The summed E-state index contributed by atoms with van der Waals surface area (Å²) in [5.74, 6) is -0.338. The summed E-state index contributed by atoms with van der Waals surface area (Å²) in [5.41, 5.74) is 6.13. The first-order chi connectivity index (χ1) is 7.15. The third-order valence-electron chi connectivity index (χ3n) is 2.66. The molecule has 0 unspecified atom stereocenters. The molecular formula is C11H14N2O2. The molecule has 1 heterocycles. The molecule has 0 bridgehead atoms. The minimum absolute atomic E-state index is 0.338. The van der Waals surface area contributed by atoms with E-state index in [9.17, 15) is 4.79 Å². The van der Waals surface area contributed by atoms with Gasteiger partial charge in [-0.05, 0) is 12.1 Å². The Kier molecular flexibility index (Phi) is 2.36. The van der Waals surface area contributed by atoms with Crippen LogP contribution in [0, 0.1) is 0 Å². The number of hydrogen-bond donors (Lipinski definition) is 1. The molecule has 0 atom stereocenters. The van der Waals surface area contributed by atoms with E-state index in [1.807, 2.05) is 30.3 Å². The topological polar surface area (TPSA) is 55.6 Å². The van der Waals surface area contributed by atoms with Crippen LogP contribution < -0.4 is 10.6 Å². The van der Waals surface area contributed by atoms with E-state index < -0.39 is 5.54 Å². The van der Waals surface area contributed by atoms with Crippen LogP contribution in [0.4, 0.5) is 5.69 Å². The van der Waals surface area contributed by atoms with Crippen molar-refractivity contribution < 1.29 is 9.53 Å². The van der Waals surface area contributed by atoms with Crippen LogP contribution in [0.3, 0.4) is 0 Å². The number of esters is 1. The standard InChI is InChI=1S/C11H14N2O2/c1-15-10(14)11(12)7-13(8-11)9-5-3-2-4-6-9/h2-6H,7-8,12H2,1H3. The Morgan fingerprint density at radius 1 is 1.40 bits per heavy atom. The number of ether oxygens (including phenoxy) is 1. The number of carbonyl (C=O) groups excluding carboxylic acids is 1. The van der Waals surface area contributed by atoms with Gasteiger partial charge in [-0.15, -0.1) is 0 Å². The zero-order valence-corrected chi connectivity index (χ0v) is 8.64. The molecule has 80 valence electrons. The molecule has 4 nitrogen and oxygen atoms in total. The highest BCUT2D eigenvalue weighted by molar-refractivity contribution is 5.85. The Balaban J connectivity index is 2.02. The number of benzene rings is 1. The monoisotopic (exact) mass is 206 g/mol. The van der Waals surface area contributed by atoms with Crippen LogP contribution in [0.5, 0.6) is 0 Å². The SMILES string of the molecule is COC(=O)C1(N)CN(c2ccccc2)C1. The Morgan fingerprint density at radius 3 is 2.53 bits per heavy atom. The van der Waals surface area contributed by atoms with Crippen molar-refractivity contribution in [3.05, 3.63) is 30.3 Å². The summed E-state index contributed by atoms with van der Waals surface area (Å²) in [6.07, 6.45) is 0. The van der Waals surface area contributed by atoms with Crippen molar-refractivity contribution in [2.45, 2.75) is 5.54 Å². The molecule has 0 saturated carbocycles. The second-order valence-corrected chi connectivity index (χ2v) is 3.84. The van der Waals surface area contributed by atoms with Gasteiger partial charge < -0.3 is 15.4 Å². The van der Waals surface area contributed by atoms with E-state index in [0.29, 0.717) is 13.1 Å². The first-order valence-electron chi connectivity index (χ1n) is 4.83. The Bertz CT molecular complexity index is 358. The molecule has 0 aromatic heterocycles. The van der Waals surface area contributed by atoms with Crippen molar-refractivity contribution in [1.29, 1.82) is 0 Å². The summed E-state index contributed by atoms with van der Waals surface area (Å²) >= 11 is 0. The van der Waals surface area contributed by atoms with Gasteiger partial charge in [-0.3, -0.25) is 0 Å². The third kappa shape index (κ3) is 1.68. The van der Waals surface area contributed by atoms with Crippen LogP contribution in [0.15, 0.2) is 30.3 Å². The maximum Gasteiger partial charge on any atom is 0.329 e. The highest BCUT2D eigenvalue weighted by Crippen LogP contribution is 2.26. The molecule has 2 N–H and O–H groups in total. The average molecular weight is 206 g/mol. The zero-order chi connectivity index (χ0) is 10.9. The minimum atomic E-state index is -0.829. The lowest BCUT2D eigenvalue weighted by Gasteiger charge is -2.46. The van der Waals surface area contributed by atoms with Gasteiger partial charge >= 0.3 is 5.97 Å². The van der Waals surface area contributed by atoms with Gasteiger partial charge in [-0.1, -0.05) is 18.2 Å². The second-order valence-electron chi connectivity index (χ2n) is 3.84. The van der Waals surface area contributed by atoms with Crippen LogP contribution >= 0.6 is 0 Å². The van der Waals surface area contributed by atoms with E-state index in [0.717, 1.165) is 5.69 Å². The number of nitrogens with two attached hydrogens (primary N) is 1. The molecule has 4 heteroatoms. The van der Waals surface area contributed by atoms with Crippen molar-refractivity contribution in [2.24, 2.45) is 5.73 Å². The molecule has 0 amide bonds. The number of rotatable bonds is 2. The fourth-order valence-electron chi connectivity index (χ4n) is 1.79. The lowest BCUT2D eigenvalue weighted by Crippen LogP contribution is -2.72. The van der Waals surface area contributed by atoms with Crippen LogP contribution in [0.1, 0.15) is 0 Å². The molecule has 1 aromatic carbocycles. The molecule has 0 aliphatic carbocycles. The van der Waals surface area contributed by atoms with Gasteiger partial charge in [0.25, 0.3) is 0 Å². The van der Waals surface area contributed by atoms with Crippen molar-refractivity contribution in [1.82, 2.24) is 0 Å². The highest BCUT2D eigenvalue weighted by Gasteiger charge is 2.47. The summed E-state index contributed by atoms with van der Waals surface area (Å²) < 4.78 is 4.65. The molecule has 2 rings (SSSR count). The summed E-state index contributed by atoms with van der Waals surface area (Å²) in [7, 11) is 1.36. The Hall–Kier alpha value is -1.55. The van der Waals surface area contributed by atoms with E-state index in [4.69, 9.17) is 5.73 Å². The van der Waals surface area contributed by atoms with Crippen molar-refractivity contribution in [2.75, 3.05) is 25.1 Å². The molecule has 0 spiro atoms. The predicted molar refractivity (Wildman–Crippen MR) is 57.6 cm³/mol. The number of nitrogens with zero attached hydrogens (tertiary/aromatic N) is 1. The van der Waals surface area contributed by atoms with Crippen LogP contribution in [0.25, 0.3) is 0 Å². The number of methoxy groups -OCH3 is 1. The van der Waals surface area contributed by atoms with Gasteiger partial charge in [0.1, 0.15) is 5.54 Å². The molecule has 1 aliphatic heterocycles. The van der Waals surface area contributed by atoms with Crippen molar-refractivity contribution in [3.63, 3.8) is 0 Å². The minimum Gasteiger partial charge on any atom is -0.468 e. The smallest absolute Gasteiger partial charge is 0.329 e. The molecule has 1 fully saturated rings. The molecule has 1 saturated heterocycles. The van der Waals surface area contributed by atoms with Gasteiger partial charge in [0.05, 0.1) is 7.11 Å². The predicted octanol–water partition coefficient (Wildman–Crippen LogP) is 0.377. The van der Waals surface area contributed by atoms with Crippen LogP contribution in [0.2, 0.25) is 0 Å². The number of para-hydroxylation sites is 1. The summed E-state index contributed by atoms with van der Waals surface area (Å²) in [4.78, 5) is 13.4. The van der Waals surface area contributed by atoms with Gasteiger partial charge in [0.2, 0.25) is 0 Å². The fraction of sp³-hybridized carbons (Fsp3) is 0.364. The van der Waals surface area contributed by atoms with Crippen molar-refractivity contribution in [3.8, 4) is 0 Å². The number of carbonyl (C=O) groups is 1. The lowest BCUT2D eigenvalue weighted by molar-refractivity contribution is -0.148. The zero-order valence-electron chi connectivity index (χ0n) is 8.64. The fourth-order valence-corrected chi connectivity index (χ4v) is 1.79. The third-order valence-corrected chi connectivity index (χ3v) is 2.66. The average Bonchev–Trinajstić information content (AvgIpc) is 2.25. The van der Waals surface area contributed by atoms with E-state index in [2.05, 4.69) is 9.64 Å². The van der Waals surface area contributed by atoms with E-state index in [1.165, 1.54) is 7.11 Å². The second kappa shape index (κ2) is 3.55. The first-order valence-corrected chi connectivity index (χ1v) is 4.83. The summed E-state index contributed by atoms with van der Waals surface area (Å²) in [6.45, 7) is 1.04. The molecule has 1 aromatic rings. The van der Waals surface area contributed by atoms with E-state index >= 15 is 0 Å². The maximum absolute atomic E-state index is 11.3. The van der Waals surface area contributed by atoms with Gasteiger partial charge in [0.15, 0.2) is 0 Å². The highest BCUT2D eigenvalue weighted by atomic mass is 16.5. The van der Waals surface area contributed by atoms with Crippen LogP contribution in [-0.4, -0.2) is 31.7 Å². The van der Waals surface area contributed by atoms with Gasteiger partial charge in [0, 0.05) is 18.8 Å². The van der Waals surface area contributed by atoms with Crippen LogP contribution in [-0.2, 0) is 9.53 Å². The van der Waals surface area contributed by atoms with Gasteiger partial charge in [-0.25, -0.2) is 4.79 Å². The van der Waals surface area contributed by atoms with E-state index in [-0.39, 0.29) is 5.97 Å². The maximum atomic E-state index is 11.3. The van der Waals surface area contributed by atoms with Gasteiger partial charge in [-0.2, -0.15) is 0 Å². The molecule has 1 aliphatic rings. The summed E-state index contributed by atoms with van der Waals surface area (Å²) in [5, 5.41) is 0. The molecule has 15 heavy (non-hydrogen) atoms. The lowest BCUT2D eigenvalue weighted by atomic mass is 9.90. The number of hydrogen-bond acceptors (Lipinski definition) is 4. The largest absolute Gasteiger partial charge is 0.468 e.